The summed E-state index contributed by atoms with van der Waals surface area (Å²) in [6.07, 6.45) is 4.04. The zero-order valence-corrected chi connectivity index (χ0v) is 17.5. The van der Waals surface area contributed by atoms with Crippen LogP contribution in [-0.2, 0) is 11.3 Å². The Balaban J connectivity index is 1.43. The molecule has 0 saturated carbocycles. The topological polar surface area (TPSA) is 80.9 Å². The van der Waals surface area contributed by atoms with Gasteiger partial charge in [-0.1, -0.05) is 12.1 Å². The number of nitrogens with one attached hydrogen (secondary N) is 1. The maximum absolute atomic E-state index is 12.3. The highest BCUT2D eigenvalue weighted by molar-refractivity contribution is 5.78. The predicted octanol–water partition coefficient (Wildman–Crippen LogP) is 2.28. The van der Waals surface area contributed by atoms with Gasteiger partial charge in [0, 0.05) is 24.8 Å². The summed E-state index contributed by atoms with van der Waals surface area (Å²) >= 11 is 0. The number of likely N-dealkylation sites (N-methyl/N-ethyl adjacent to an activating group) is 1. The number of amides is 1. The lowest BCUT2D eigenvalue weighted by atomic mass is 10.1. The van der Waals surface area contributed by atoms with E-state index in [4.69, 9.17) is 0 Å². The zero-order valence-electron chi connectivity index (χ0n) is 17.5. The first-order valence-electron chi connectivity index (χ1n) is 9.87. The van der Waals surface area contributed by atoms with Gasteiger partial charge >= 0.3 is 0 Å². The van der Waals surface area contributed by atoms with E-state index in [1.807, 2.05) is 42.6 Å². The third-order valence-corrected chi connectivity index (χ3v) is 5.09. The van der Waals surface area contributed by atoms with Crippen LogP contribution < -0.4 is 5.32 Å². The molecule has 1 atom stereocenters. The van der Waals surface area contributed by atoms with Gasteiger partial charge < -0.3 is 5.32 Å². The van der Waals surface area contributed by atoms with Crippen LogP contribution >= 0.6 is 0 Å². The Hall–Kier alpha value is -3.00. The van der Waals surface area contributed by atoms with E-state index < -0.39 is 0 Å². The van der Waals surface area contributed by atoms with Gasteiger partial charge in [-0.3, -0.25) is 14.4 Å². The average molecular weight is 396 g/mol. The van der Waals surface area contributed by atoms with E-state index >= 15 is 0 Å². The second-order valence-electron chi connectivity index (χ2n) is 7.38. The summed E-state index contributed by atoms with van der Waals surface area (Å²) in [5.41, 5.74) is 4.28. The molecule has 0 spiro atoms. The molecule has 0 aliphatic heterocycles. The maximum atomic E-state index is 12.3. The number of carbonyl (C=O) groups excluding carboxylic acids is 1. The minimum absolute atomic E-state index is 0.0342. The minimum atomic E-state index is 0.0342. The SMILES string of the molecule is Cc1cc(C)n(CCCNC(=O)CN(C)C(C)c2ccc(-n3cncn3)cc2)n1. The van der Waals surface area contributed by atoms with Crippen LogP contribution in [0.5, 0.6) is 0 Å². The van der Waals surface area contributed by atoms with Crippen molar-refractivity contribution < 1.29 is 4.79 Å². The van der Waals surface area contributed by atoms with E-state index in [1.165, 1.54) is 6.33 Å². The molecular weight excluding hydrogens is 366 g/mol. The molecule has 8 nitrogen and oxygen atoms in total. The average Bonchev–Trinajstić information content (AvgIpc) is 3.34. The van der Waals surface area contributed by atoms with Gasteiger partial charge in [0.25, 0.3) is 0 Å². The van der Waals surface area contributed by atoms with Crippen molar-refractivity contribution in [2.75, 3.05) is 20.1 Å². The molecule has 2 heterocycles. The molecule has 0 aliphatic carbocycles. The smallest absolute Gasteiger partial charge is 0.234 e. The van der Waals surface area contributed by atoms with Gasteiger partial charge in [0.2, 0.25) is 5.91 Å². The molecule has 1 amide bonds. The van der Waals surface area contributed by atoms with Crippen molar-refractivity contribution in [2.45, 2.75) is 39.8 Å². The molecular formula is C21H29N7O. The number of benzene rings is 1. The lowest BCUT2D eigenvalue weighted by Gasteiger charge is -2.24. The zero-order chi connectivity index (χ0) is 20.8. The number of hydrogen-bond acceptors (Lipinski definition) is 5. The van der Waals surface area contributed by atoms with Crippen LogP contribution in [0.3, 0.4) is 0 Å². The normalized spacial score (nSPS) is 12.3. The van der Waals surface area contributed by atoms with Crippen molar-refractivity contribution in [1.82, 2.24) is 34.8 Å². The van der Waals surface area contributed by atoms with Gasteiger partial charge in [0.1, 0.15) is 12.7 Å². The third kappa shape index (κ3) is 5.51. The number of hydrogen-bond donors (Lipinski definition) is 1. The summed E-state index contributed by atoms with van der Waals surface area (Å²) in [5, 5.41) is 11.6. The Morgan fingerprint density at radius 3 is 2.62 bits per heavy atom. The van der Waals surface area contributed by atoms with E-state index in [1.54, 1.807) is 11.0 Å². The van der Waals surface area contributed by atoms with Gasteiger partial charge in [-0.15, -0.1) is 0 Å². The second kappa shape index (κ2) is 9.47. The van der Waals surface area contributed by atoms with Crippen LogP contribution in [0.1, 0.15) is 36.3 Å². The molecule has 0 saturated heterocycles. The van der Waals surface area contributed by atoms with Gasteiger partial charge in [0.05, 0.1) is 17.9 Å². The first-order valence-corrected chi connectivity index (χ1v) is 9.87. The van der Waals surface area contributed by atoms with E-state index in [-0.39, 0.29) is 11.9 Å². The molecule has 0 fully saturated rings. The Bertz CT molecular complexity index is 915. The monoisotopic (exact) mass is 395 g/mol. The molecule has 0 aliphatic rings. The standard InChI is InChI=1S/C21H29N7O/c1-16-12-17(2)27(25-16)11-5-10-23-21(29)13-26(4)18(3)19-6-8-20(9-7-19)28-15-22-14-24-28/h6-9,12,14-15,18H,5,10-11,13H2,1-4H3,(H,23,29). The molecule has 8 heteroatoms. The minimum Gasteiger partial charge on any atom is -0.355 e. The molecule has 154 valence electrons. The Kier molecular flexibility index (Phi) is 6.77. The summed E-state index contributed by atoms with van der Waals surface area (Å²) in [6.45, 7) is 7.95. The Morgan fingerprint density at radius 2 is 2.00 bits per heavy atom. The van der Waals surface area contributed by atoms with Crippen LogP contribution in [-0.4, -0.2) is 55.5 Å². The second-order valence-corrected chi connectivity index (χ2v) is 7.38. The maximum Gasteiger partial charge on any atom is 0.234 e. The summed E-state index contributed by atoms with van der Waals surface area (Å²) < 4.78 is 3.70. The first-order chi connectivity index (χ1) is 13.9. The number of nitrogens with zero attached hydrogens (tertiary/aromatic N) is 6. The van der Waals surface area contributed by atoms with Crippen LogP contribution in [0.15, 0.2) is 43.0 Å². The molecule has 1 N–H and O–H groups in total. The lowest BCUT2D eigenvalue weighted by Crippen LogP contribution is -2.37. The van der Waals surface area contributed by atoms with E-state index in [2.05, 4.69) is 45.6 Å². The van der Waals surface area contributed by atoms with E-state index in [9.17, 15) is 4.79 Å². The third-order valence-electron chi connectivity index (χ3n) is 5.09. The van der Waals surface area contributed by atoms with Gasteiger partial charge in [0.15, 0.2) is 0 Å². The summed E-state index contributed by atoms with van der Waals surface area (Å²) in [7, 11) is 1.96. The molecule has 2 aromatic heterocycles. The van der Waals surface area contributed by atoms with Crippen molar-refractivity contribution in [2.24, 2.45) is 0 Å². The number of aryl methyl sites for hydroxylation is 3. The summed E-state index contributed by atoms with van der Waals surface area (Å²) in [5.74, 6) is 0.0342. The van der Waals surface area contributed by atoms with Crippen molar-refractivity contribution in [3.63, 3.8) is 0 Å². The number of carbonyl (C=O) groups is 1. The van der Waals surface area contributed by atoms with E-state index in [0.29, 0.717) is 13.1 Å². The fraction of sp³-hybridized carbons (Fsp3) is 0.429. The van der Waals surface area contributed by atoms with Crippen molar-refractivity contribution in [3.8, 4) is 5.69 Å². The fourth-order valence-electron chi connectivity index (χ4n) is 3.28. The van der Waals surface area contributed by atoms with Gasteiger partial charge in [-0.2, -0.15) is 10.2 Å². The molecule has 1 unspecified atom stereocenters. The van der Waals surface area contributed by atoms with Crippen molar-refractivity contribution in [3.05, 3.63) is 59.9 Å². The number of rotatable bonds is 9. The number of aromatic nitrogens is 5. The van der Waals surface area contributed by atoms with Crippen LogP contribution in [0.2, 0.25) is 0 Å². The highest BCUT2D eigenvalue weighted by Crippen LogP contribution is 2.19. The Labute approximate surface area is 171 Å². The van der Waals surface area contributed by atoms with Crippen molar-refractivity contribution >= 4 is 5.91 Å². The molecule has 29 heavy (non-hydrogen) atoms. The van der Waals surface area contributed by atoms with Crippen LogP contribution in [0, 0.1) is 13.8 Å². The van der Waals surface area contributed by atoms with Crippen LogP contribution in [0.25, 0.3) is 5.69 Å². The summed E-state index contributed by atoms with van der Waals surface area (Å²) in [4.78, 5) is 18.3. The molecule has 0 radical (unpaired) electrons. The van der Waals surface area contributed by atoms with Gasteiger partial charge in [-0.25, -0.2) is 9.67 Å². The quantitative estimate of drug-likeness (QED) is 0.562. The van der Waals surface area contributed by atoms with Crippen LogP contribution in [0.4, 0.5) is 0 Å². The predicted molar refractivity (Wildman–Crippen MR) is 112 cm³/mol. The largest absolute Gasteiger partial charge is 0.355 e. The molecule has 3 aromatic rings. The molecule has 0 bridgehead atoms. The highest BCUT2D eigenvalue weighted by atomic mass is 16.2. The fourth-order valence-corrected chi connectivity index (χ4v) is 3.28. The van der Waals surface area contributed by atoms with Crippen molar-refractivity contribution in [1.29, 1.82) is 0 Å². The van der Waals surface area contributed by atoms with Gasteiger partial charge in [-0.05, 0) is 58.0 Å². The highest BCUT2D eigenvalue weighted by Gasteiger charge is 2.15. The van der Waals surface area contributed by atoms with E-state index in [0.717, 1.165) is 35.6 Å². The Morgan fingerprint density at radius 1 is 1.24 bits per heavy atom. The first kappa shape index (κ1) is 20.7. The summed E-state index contributed by atoms with van der Waals surface area (Å²) in [6, 6.07) is 10.3. The molecule has 3 rings (SSSR count). The molecule has 1 aromatic carbocycles. The lowest BCUT2D eigenvalue weighted by molar-refractivity contribution is -0.122.